The molecule has 1 saturated heterocycles. The standard InChI is InChI=1S/C12H15N3O4S/c1-7(8-2-3-20-6-8)14-12(19)15-5-10(16)13-4-9(15)11(17)18/h2-3,6-7,9H,4-5H2,1H3,(H,13,16)(H,14,19)(H,17,18). The lowest BCUT2D eigenvalue weighted by atomic mass is 10.1. The van der Waals surface area contributed by atoms with Crippen LogP contribution in [-0.4, -0.2) is 47.0 Å². The van der Waals surface area contributed by atoms with Crippen LogP contribution in [0.5, 0.6) is 0 Å². The lowest BCUT2D eigenvalue weighted by Crippen LogP contribution is -2.61. The van der Waals surface area contributed by atoms with Crippen molar-refractivity contribution in [2.45, 2.75) is 19.0 Å². The highest BCUT2D eigenvalue weighted by Crippen LogP contribution is 2.16. The molecule has 7 nitrogen and oxygen atoms in total. The van der Waals surface area contributed by atoms with Gasteiger partial charge < -0.3 is 15.7 Å². The van der Waals surface area contributed by atoms with Crippen molar-refractivity contribution in [3.05, 3.63) is 22.4 Å². The molecule has 1 aliphatic rings. The first kappa shape index (κ1) is 14.3. The molecule has 2 atom stereocenters. The Bertz CT molecular complexity index is 517. The Kier molecular flexibility index (Phi) is 4.23. The monoisotopic (exact) mass is 297 g/mol. The molecule has 1 aromatic rings. The number of hydrogen-bond acceptors (Lipinski definition) is 4. The molecule has 3 amide bonds. The van der Waals surface area contributed by atoms with Crippen molar-refractivity contribution in [1.82, 2.24) is 15.5 Å². The van der Waals surface area contributed by atoms with Crippen molar-refractivity contribution in [2.24, 2.45) is 0 Å². The van der Waals surface area contributed by atoms with Crippen LogP contribution in [0.1, 0.15) is 18.5 Å². The van der Waals surface area contributed by atoms with Crippen LogP contribution in [0.3, 0.4) is 0 Å². The maximum atomic E-state index is 12.1. The number of urea groups is 1. The number of carbonyl (C=O) groups is 3. The second-order valence-corrected chi connectivity index (χ2v) is 5.29. The summed E-state index contributed by atoms with van der Waals surface area (Å²) in [5.74, 6) is -1.50. The molecule has 0 aromatic carbocycles. The zero-order valence-electron chi connectivity index (χ0n) is 10.8. The number of piperazine rings is 1. The van der Waals surface area contributed by atoms with E-state index in [1.807, 2.05) is 16.8 Å². The van der Waals surface area contributed by atoms with Gasteiger partial charge in [-0.05, 0) is 29.3 Å². The van der Waals surface area contributed by atoms with E-state index in [-0.39, 0.29) is 25.0 Å². The summed E-state index contributed by atoms with van der Waals surface area (Å²) in [4.78, 5) is 35.6. The van der Waals surface area contributed by atoms with Crippen molar-refractivity contribution in [2.75, 3.05) is 13.1 Å². The highest BCUT2D eigenvalue weighted by atomic mass is 32.1. The van der Waals surface area contributed by atoms with Gasteiger partial charge in [0.15, 0.2) is 0 Å². The number of carbonyl (C=O) groups excluding carboxylic acids is 2. The minimum atomic E-state index is -1.14. The van der Waals surface area contributed by atoms with E-state index in [4.69, 9.17) is 5.11 Å². The fourth-order valence-corrected chi connectivity index (χ4v) is 2.70. The molecule has 0 aliphatic carbocycles. The molecule has 0 bridgehead atoms. The Morgan fingerprint density at radius 1 is 1.60 bits per heavy atom. The number of amides is 3. The molecule has 1 aromatic heterocycles. The second-order valence-electron chi connectivity index (χ2n) is 4.51. The summed E-state index contributed by atoms with van der Waals surface area (Å²) in [6.07, 6.45) is 0. The molecule has 1 fully saturated rings. The SMILES string of the molecule is CC(NC(=O)N1CC(=O)NCC1C(=O)O)c1ccsc1. The van der Waals surface area contributed by atoms with Crippen molar-refractivity contribution < 1.29 is 19.5 Å². The van der Waals surface area contributed by atoms with E-state index in [1.165, 1.54) is 11.3 Å². The van der Waals surface area contributed by atoms with Crippen LogP contribution in [0.2, 0.25) is 0 Å². The summed E-state index contributed by atoms with van der Waals surface area (Å²) >= 11 is 1.51. The van der Waals surface area contributed by atoms with E-state index in [0.29, 0.717) is 0 Å². The Morgan fingerprint density at radius 2 is 2.35 bits per heavy atom. The molecule has 2 rings (SSSR count). The molecule has 2 unspecified atom stereocenters. The van der Waals surface area contributed by atoms with Gasteiger partial charge in [-0.3, -0.25) is 9.69 Å². The minimum absolute atomic E-state index is 0.0750. The van der Waals surface area contributed by atoms with Crippen molar-refractivity contribution >= 4 is 29.2 Å². The normalized spacial score (nSPS) is 20.1. The number of aliphatic carboxylic acids is 1. The summed E-state index contributed by atoms with van der Waals surface area (Å²) in [6.45, 7) is 1.48. The third kappa shape index (κ3) is 3.08. The highest BCUT2D eigenvalue weighted by Gasteiger charge is 2.35. The first-order valence-corrected chi connectivity index (χ1v) is 7.02. The van der Waals surface area contributed by atoms with Crippen LogP contribution in [0, 0.1) is 0 Å². The van der Waals surface area contributed by atoms with Crippen LogP contribution in [0.4, 0.5) is 4.79 Å². The third-order valence-corrected chi connectivity index (χ3v) is 3.81. The number of hydrogen-bond donors (Lipinski definition) is 3. The quantitative estimate of drug-likeness (QED) is 0.752. The van der Waals surface area contributed by atoms with E-state index >= 15 is 0 Å². The Labute approximate surface area is 119 Å². The number of carboxylic acids is 1. The fourth-order valence-electron chi connectivity index (χ4n) is 1.95. The van der Waals surface area contributed by atoms with Crippen molar-refractivity contribution in [3.8, 4) is 0 Å². The van der Waals surface area contributed by atoms with E-state index in [1.54, 1.807) is 6.92 Å². The zero-order chi connectivity index (χ0) is 14.7. The van der Waals surface area contributed by atoms with Crippen LogP contribution >= 0.6 is 11.3 Å². The van der Waals surface area contributed by atoms with Crippen molar-refractivity contribution in [3.63, 3.8) is 0 Å². The molecular weight excluding hydrogens is 282 g/mol. The van der Waals surface area contributed by atoms with Crippen LogP contribution < -0.4 is 10.6 Å². The van der Waals surface area contributed by atoms with Crippen molar-refractivity contribution in [1.29, 1.82) is 0 Å². The van der Waals surface area contributed by atoms with Gasteiger partial charge >= 0.3 is 12.0 Å². The fraction of sp³-hybridized carbons (Fsp3) is 0.417. The molecule has 2 heterocycles. The predicted octanol–water partition coefficient (Wildman–Crippen LogP) is 0.404. The van der Waals surface area contributed by atoms with Gasteiger partial charge in [-0.15, -0.1) is 0 Å². The zero-order valence-corrected chi connectivity index (χ0v) is 11.6. The number of thiophene rings is 1. The molecule has 3 N–H and O–H groups in total. The maximum Gasteiger partial charge on any atom is 0.328 e. The highest BCUT2D eigenvalue weighted by molar-refractivity contribution is 7.07. The third-order valence-electron chi connectivity index (χ3n) is 3.11. The van der Waals surface area contributed by atoms with Gasteiger partial charge in [-0.2, -0.15) is 11.3 Å². The molecule has 20 heavy (non-hydrogen) atoms. The average Bonchev–Trinajstić information content (AvgIpc) is 2.92. The van der Waals surface area contributed by atoms with E-state index in [0.717, 1.165) is 10.5 Å². The number of carboxylic acid groups (broad SMARTS) is 1. The number of nitrogens with zero attached hydrogens (tertiary/aromatic N) is 1. The Morgan fingerprint density at radius 3 is 2.95 bits per heavy atom. The van der Waals surface area contributed by atoms with Gasteiger partial charge in [0.2, 0.25) is 5.91 Å². The van der Waals surface area contributed by atoms with Gasteiger partial charge in [0.1, 0.15) is 12.6 Å². The van der Waals surface area contributed by atoms with Gasteiger partial charge in [-0.25, -0.2) is 9.59 Å². The Balaban J connectivity index is 2.05. The Hall–Kier alpha value is -2.09. The maximum absolute atomic E-state index is 12.1. The minimum Gasteiger partial charge on any atom is -0.480 e. The molecular formula is C12H15N3O4S. The summed E-state index contributed by atoms with van der Waals surface area (Å²) < 4.78 is 0. The van der Waals surface area contributed by atoms with Crippen LogP contribution in [0.25, 0.3) is 0 Å². The summed E-state index contributed by atoms with van der Waals surface area (Å²) in [5.41, 5.74) is 0.941. The van der Waals surface area contributed by atoms with E-state index in [9.17, 15) is 14.4 Å². The van der Waals surface area contributed by atoms with Gasteiger partial charge in [0.05, 0.1) is 6.04 Å². The molecule has 1 aliphatic heterocycles. The summed E-state index contributed by atoms with van der Waals surface area (Å²) in [7, 11) is 0. The lowest BCUT2D eigenvalue weighted by molar-refractivity contribution is -0.144. The molecule has 0 radical (unpaired) electrons. The molecule has 108 valence electrons. The smallest absolute Gasteiger partial charge is 0.328 e. The molecule has 0 spiro atoms. The van der Waals surface area contributed by atoms with Crippen LogP contribution in [-0.2, 0) is 9.59 Å². The lowest BCUT2D eigenvalue weighted by Gasteiger charge is -2.33. The predicted molar refractivity (Wildman–Crippen MR) is 72.4 cm³/mol. The number of nitrogens with one attached hydrogen (secondary N) is 2. The second kappa shape index (κ2) is 5.91. The number of rotatable bonds is 3. The molecule has 0 saturated carbocycles. The first-order chi connectivity index (χ1) is 9.49. The largest absolute Gasteiger partial charge is 0.480 e. The molecule has 8 heteroatoms. The van der Waals surface area contributed by atoms with Gasteiger partial charge in [0, 0.05) is 6.54 Å². The van der Waals surface area contributed by atoms with E-state index in [2.05, 4.69) is 10.6 Å². The topological polar surface area (TPSA) is 98.7 Å². The van der Waals surface area contributed by atoms with Gasteiger partial charge in [-0.1, -0.05) is 0 Å². The summed E-state index contributed by atoms with van der Waals surface area (Å²) in [5, 5.41) is 18.0. The summed E-state index contributed by atoms with van der Waals surface area (Å²) in [6, 6.07) is 0.0502. The first-order valence-electron chi connectivity index (χ1n) is 6.07. The van der Waals surface area contributed by atoms with E-state index < -0.39 is 18.0 Å². The van der Waals surface area contributed by atoms with Crippen LogP contribution in [0.15, 0.2) is 16.8 Å². The van der Waals surface area contributed by atoms with Gasteiger partial charge in [0.25, 0.3) is 0 Å². The average molecular weight is 297 g/mol.